The maximum absolute atomic E-state index is 12.9. The third kappa shape index (κ3) is 5.07. The van der Waals surface area contributed by atoms with Gasteiger partial charge in [-0.1, -0.05) is 0 Å². The van der Waals surface area contributed by atoms with Crippen LogP contribution in [0.2, 0.25) is 0 Å². The van der Waals surface area contributed by atoms with Crippen molar-refractivity contribution in [1.82, 2.24) is 19.8 Å². The molecule has 0 bridgehead atoms. The number of ether oxygens (including phenoxy) is 2. The molecule has 10 heteroatoms. The molecule has 0 aliphatic carbocycles. The van der Waals surface area contributed by atoms with Crippen molar-refractivity contribution in [2.75, 3.05) is 44.7 Å². The molecule has 4 rings (SSSR count). The zero-order chi connectivity index (χ0) is 21.8. The molecule has 2 aromatic rings. The van der Waals surface area contributed by atoms with Crippen molar-refractivity contribution < 1.29 is 19.1 Å². The zero-order valence-electron chi connectivity index (χ0n) is 17.2. The molecule has 2 saturated heterocycles. The summed E-state index contributed by atoms with van der Waals surface area (Å²) in [5, 5.41) is 0. The molecule has 0 spiro atoms. The molecule has 3 amide bonds. The summed E-state index contributed by atoms with van der Waals surface area (Å²) in [4.78, 5) is 39.0. The number of methoxy groups -OCH3 is 1. The van der Waals surface area contributed by atoms with Gasteiger partial charge in [0.25, 0.3) is 0 Å². The SMILES string of the molecule is COc1ccc(N2CCN(CC(=O)N3CCCC(Oc4ncc(Br)cn4)C3)C2=O)cc1. The number of amides is 3. The molecule has 1 atom stereocenters. The fourth-order valence-corrected chi connectivity index (χ4v) is 3.97. The summed E-state index contributed by atoms with van der Waals surface area (Å²) in [5.41, 5.74) is 0.793. The minimum absolute atomic E-state index is 0.0625. The van der Waals surface area contributed by atoms with Crippen LogP contribution in [0.5, 0.6) is 11.8 Å². The first-order chi connectivity index (χ1) is 15.0. The lowest BCUT2D eigenvalue weighted by Crippen LogP contribution is -2.48. The summed E-state index contributed by atoms with van der Waals surface area (Å²) in [5.74, 6) is 0.660. The second-order valence-corrected chi connectivity index (χ2v) is 8.38. The summed E-state index contributed by atoms with van der Waals surface area (Å²) in [6.45, 7) is 2.24. The van der Waals surface area contributed by atoms with Gasteiger partial charge in [-0.25, -0.2) is 14.8 Å². The highest BCUT2D eigenvalue weighted by atomic mass is 79.9. The number of nitrogens with zero attached hydrogens (tertiary/aromatic N) is 5. The quantitative estimate of drug-likeness (QED) is 0.619. The fourth-order valence-electron chi connectivity index (χ4n) is 3.77. The molecule has 2 fully saturated rings. The molecule has 1 unspecified atom stereocenters. The summed E-state index contributed by atoms with van der Waals surface area (Å²) in [7, 11) is 1.60. The van der Waals surface area contributed by atoms with Gasteiger partial charge < -0.3 is 19.3 Å². The molecule has 0 saturated carbocycles. The van der Waals surface area contributed by atoms with Gasteiger partial charge in [0.1, 0.15) is 18.4 Å². The van der Waals surface area contributed by atoms with Gasteiger partial charge in [0.15, 0.2) is 0 Å². The molecule has 9 nitrogen and oxygen atoms in total. The first-order valence-corrected chi connectivity index (χ1v) is 11.0. The van der Waals surface area contributed by atoms with Crippen LogP contribution in [0.25, 0.3) is 0 Å². The Morgan fingerprint density at radius 2 is 1.90 bits per heavy atom. The van der Waals surface area contributed by atoms with Gasteiger partial charge in [0, 0.05) is 37.7 Å². The van der Waals surface area contributed by atoms with Crippen LogP contribution in [0.15, 0.2) is 41.1 Å². The Hall–Kier alpha value is -2.88. The van der Waals surface area contributed by atoms with E-state index in [2.05, 4.69) is 25.9 Å². The summed E-state index contributed by atoms with van der Waals surface area (Å²) in [6.07, 6.45) is 4.75. The third-order valence-corrected chi connectivity index (χ3v) is 5.81. The Kier molecular flexibility index (Phi) is 6.55. The van der Waals surface area contributed by atoms with Crippen molar-refractivity contribution in [3.8, 4) is 11.8 Å². The number of rotatable bonds is 6. The van der Waals surface area contributed by atoms with E-state index in [0.29, 0.717) is 32.2 Å². The van der Waals surface area contributed by atoms with Crippen LogP contribution in [0.4, 0.5) is 10.5 Å². The van der Waals surface area contributed by atoms with Gasteiger partial charge >= 0.3 is 12.0 Å². The minimum Gasteiger partial charge on any atom is -0.497 e. The smallest absolute Gasteiger partial charge is 0.325 e. The highest BCUT2D eigenvalue weighted by Gasteiger charge is 2.33. The number of halogens is 1. The van der Waals surface area contributed by atoms with E-state index in [0.717, 1.165) is 28.8 Å². The van der Waals surface area contributed by atoms with Crippen LogP contribution in [-0.2, 0) is 4.79 Å². The number of anilines is 1. The van der Waals surface area contributed by atoms with E-state index < -0.39 is 0 Å². The molecule has 31 heavy (non-hydrogen) atoms. The van der Waals surface area contributed by atoms with Crippen LogP contribution >= 0.6 is 15.9 Å². The Morgan fingerprint density at radius 3 is 2.61 bits per heavy atom. The number of benzene rings is 1. The molecule has 164 valence electrons. The molecular formula is C21H24BrN5O4. The third-order valence-electron chi connectivity index (χ3n) is 5.40. The maximum atomic E-state index is 12.9. The number of carbonyl (C=O) groups excluding carboxylic acids is 2. The molecule has 0 radical (unpaired) electrons. The first kappa shape index (κ1) is 21.4. The highest BCUT2D eigenvalue weighted by Crippen LogP contribution is 2.23. The Labute approximate surface area is 189 Å². The number of likely N-dealkylation sites (tertiary alicyclic amines) is 1. The van der Waals surface area contributed by atoms with E-state index >= 15 is 0 Å². The molecular weight excluding hydrogens is 466 g/mol. The lowest BCUT2D eigenvalue weighted by Gasteiger charge is -2.33. The van der Waals surface area contributed by atoms with Crippen molar-refractivity contribution in [1.29, 1.82) is 0 Å². The summed E-state index contributed by atoms with van der Waals surface area (Å²) < 4.78 is 11.8. The van der Waals surface area contributed by atoms with Gasteiger partial charge in [-0.3, -0.25) is 9.69 Å². The van der Waals surface area contributed by atoms with Crippen LogP contribution < -0.4 is 14.4 Å². The van der Waals surface area contributed by atoms with Gasteiger partial charge in [0.2, 0.25) is 5.91 Å². The van der Waals surface area contributed by atoms with E-state index in [9.17, 15) is 9.59 Å². The minimum atomic E-state index is -0.163. The zero-order valence-corrected chi connectivity index (χ0v) is 18.8. The van der Waals surface area contributed by atoms with E-state index in [1.165, 1.54) is 0 Å². The second kappa shape index (κ2) is 9.51. The molecule has 1 aromatic heterocycles. The van der Waals surface area contributed by atoms with Gasteiger partial charge in [0.05, 0.1) is 18.1 Å². The summed E-state index contributed by atoms with van der Waals surface area (Å²) in [6, 6.07) is 7.47. The van der Waals surface area contributed by atoms with Crippen LogP contribution in [0.3, 0.4) is 0 Å². The van der Waals surface area contributed by atoms with Crippen LogP contribution in [-0.4, -0.2) is 77.6 Å². The molecule has 2 aliphatic heterocycles. The number of carbonyl (C=O) groups is 2. The number of aromatic nitrogens is 2. The summed E-state index contributed by atoms with van der Waals surface area (Å²) >= 11 is 3.30. The Morgan fingerprint density at radius 1 is 1.16 bits per heavy atom. The Bertz CT molecular complexity index is 924. The van der Waals surface area contributed by atoms with E-state index in [4.69, 9.17) is 9.47 Å². The molecule has 3 heterocycles. The lowest BCUT2D eigenvalue weighted by molar-refractivity contribution is -0.134. The average Bonchev–Trinajstić information content (AvgIpc) is 3.15. The van der Waals surface area contributed by atoms with Crippen molar-refractivity contribution in [3.05, 3.63) is 41.1 Å². The number of hydrogen-bond acceptors (Lipinski definition) is 6. The molecule has 2 aliphatic rings. The van der Waals surface area contributed by atoms with E-state index in [1.54, 1.807) is 34.2 Å². The average molecular weight is 490 g/mol. The number of urea groups is 1. The largest absolute Gasteiger partial charge is 0.497 e. The molecule has 0 N–H and O–H groups in total. The first-order valence-electron chi connectivity index (χ1n) is 10.2. The topological polar surface area (TPSA) is 88.1 Å². The second-order valence-electron chi connectivity index (χ2n) is 7.46. The van der Waals surface area contributed by atoms with Crippen molar-refractivity contribution >= 4 is 33.6 Å². The normalized spacial score (nSPS) is 19.0. The van der Waals surface area contributed by atoms with E-state index in [1.807, 2.05) is 24.3 Å². The monoisotopic (exact) mass is 489 g/mol. The highest BCUT2D eigenvalue weighted by molar-refractivity contribution is 9.10. The number of hydrogen-bond donors (Lipinski definition) is 0. The van der Waals surface area contributed by atoms with Gasteiger partial charge in [-0.05, 0) is 53.0 Å². The molecule has 1 aromatic carbocycles. The van der Waals surface area contributed by atoms with Gasteiger partial charge in [-0.2, -0.15) is 0 Å². The van der Waals surface area contributed by atoms with Gasteiger partial charge in [-0.15, -0.1) is 0 Å². The maximum Gasteiger partial charge on any atom is 0.325 e. The van der Waals surface area contributed by atoms with Crippen molar-refractivity contribution in [2.24, 2.45) is 0 Å². The van der Waals surface area contributed by atoms with Crippen LogP contribution in [0, 0.1) is 0 Å². The predicted molar refractivity (Wildman–Crippen MR) is 117 cm³/mol. The fraction of sp³-hybridized carbons (Fsp3) is 0.429. The Balaban J connectivity index is 1.32. The van der Waals surface area contributed by atoms with E-state index in [-0.39, 0.29) is 24.6 Å². The van der Waals surface area contributed by atoms with Crippen LogP contribution in [0.1, 0.15) is 12.8 Å². The standard InChI is InChI=1S/C21H24BrN5O4/c1-30-17-6-4-16(5-7-17)27-10-9-26(21(27)29)14-19(28)25-8-2-3-18(13-25)31-20-23-11-15(22)12-24-20/h4-7,11-12,18H,2-3,8-10,13-14H2,1H3. The number of piperidine rings is 1. The lowest BCUT2D eigenvalue weighted by atomic mass is 10.1. The van der Waals surface area contributed by atoms with Crippen molar-refractivity contribution in [3.63, 3.8) is 0 Å². The predicted octanol–water partition coefficient (Wildman–Crippen LogP) is 2.56. The van der Waals surface area contributed by atoms with Crippen molar-refractivity contribution in [2.45, 2.75) is 18.9 Å².